The lowest BCUT2D eigenvalue weighted by molar-refractivity contribution is -0.119. The first-order valence-corrected chi connectivity index (χ1v) is 5.56. The van der Waals surface area contributed by atoms with Gasteiger partial charge in [-0.25, -0.2) is 0 Å². The van der Waals surface area contributed by atoms with Gasteiger partial charge in [-0.2, -0.15) is 0 Å². The summed E-state index contributed by atoms with van der Waals surface area (Å²) in [5.74, 6) is -0.260. The topological polar surface area (TPSA) is 55.1 Å². The van der Waals surface area contributed by atoms with Crippen LogP contribution >= 0.6 is 0 Å². The van der Waals surface area contributed by atoms with Crippen LogP contribution in [-0.2, 0) is 4.79 Å². The number of primary amides is 1. The van der Waals surface area contributed by atoms with Crippen molar-refractivity contribution in [2.45, 2.75) is 52.0 Å². The average Bonchev–Trinajstić information content (AvgIpc) is 2.15. The highest BCUT2D eigenvalue weighted by atomic mass is 16.1. The third-order valence-corrected chi connectivity index (χ3v) is 3.32. The highest BCUT2D eigenvalue weighted by Crippen LogP contribution is 2.34. The van der Waals surface area contributed by atoms with E-state index >= 15 is 0 Å². The van der Waals surface area contributed by atoms with E-state index in [1.807, 2.05) is 6.92 Å². The van der Waals surface area contributed by atoms with E-state index in [1.54, 1.807) is 0 Å². The molecule has 1 rings (SSSR count). The van der Waals surface area contributed by atoms with Gasteiger partial charge in [-0.3, -0.25) is 4.79 Å². The van der Waals surface area contributed by atoms with Gasteiger partial charge in [0.2, 0.25) is 5.91 Å². The smallest absolute Gasteiger partial charge is 0.234 e. The predicted molar refractivity (Wildman–Crippen MR) is 57.9 cm³/mol. The summed E-state index contributed by atoms with van der Waals surface area (Å²) in [4.78, 5) is 10.8. The maximum Gasteiger partial charge on any atom is 0.234 e. The van der Waals surface area contributed by atoms with Crippen LogP contribution in [0.15, 0.2) is 0 Å². The predicted octanol–water partition coefficient (Wildman–Crippen LogP) is 1.42. The summed E-state index contributed by atoms with van der Waals surface area (Å²) in [5, 5.41) is 3.22. The van der Waals surface area contributed by atoms with Crippen molar-refractivity contribution in [1.29, 1.82) is 0 Å². The van der Waals surface area contributed by atoms with Gasteiger partial charge in [0.05, 0.1) is 6.04 Å². The van der Waals surface area contributed by atoms with Gasteiger partial charge >= 0.3 is 0 Å². The number of amides is 1. The molecule has 0 spiro atoms. The number of hydrogen-bond acceptors (Lipinski definition) is 2. The summed E-state index contributed by atoms with van der Waals surface area (Å²) in [6, 6.07) is -0.200. The largest absolute Gasteiger partial charge is 0.368 e. The standard InChI is InChI=1S/C11H22N2O/c1-9(10(12)14)13-8-11(2)6-4-3-5-7-11/h9,13H,3-8H2,1-2H3,(H2,12,14). The zero-order chi connectivity index (χ0) is 10.6. The minimum atomic E-state index is -0.260. The zero-order valence-corrected chi connectivity index (χ0v) is 9.31. The molecule has 3 nitrogen and oxygen atoms in total. The van der Waals surface area contributed by atoms with Crippen LogP contribution in [0, 0.1) is 5.41 Å². The Kier molecular flexibility index (Phi) is 3.93. The van der Waals surface area contributed by atoms with Crippen molar-refractivity contribution in [2.75, 3.05) is 6.54 Å². The Morgan fingerprint density at radius 2 is 2.00 bits per heavy atom. The number of nitrogens with two attached hydrogens (primary N) is 1. The Bertz CT molecular complexity index is 197. The third-order valence-electron chi connectivity index (χ3n) is 3.32. The maximum atomic E-state index is 10.8. The number of hydrogen-bond donors (Lipinski definition) is 2. The number of carbonyl (C=O) groups is 1. The lowest BCUT2D eigenvalue weighted by Crippen LogP contribution is -2.44. The Hall–Kier alpha value is -0.570. The van der Waals surface area contributed by atoms with E-state index in [4.69, 9.17) is 5.73 Å². The van der Waals surface area contributed by atoms with Gasteiger partial charge in [0.15, 0.2) is 0 Å². The monoisotopic (exact) mass is 198 g/mol. The van der Waals surface area contributed by atoms with Gasteiger partial charge in [-0.1, -0.05) is 26.2 Å². The zero-order valence-electron chi connectivity index (χ0n) is 9.31. The molecule has 0 aliphatic heterocycles. The molecule has 0 saturated heterocycles. The summed E-state index contributed by atoms with van der Waals surface area (Å²) < 4.78 is 0. The molecule has 1 unspecified atom stereocenters. The highest BCUT2D eigenvalue weighted by molar-refractivity contribution is 5.79. The molecule has 0 aromatic rings. The molecule has 14 heavy (non-hydrogen) atoms. The Balaban J connectivity index is 2.31. The molecule has 1 amide bonds. The molecule has 1 atom stereocenters. The molecule has 0 radical (unpaired) electrons. The van der Waals surface area contributed by atoms with Crippen LogP contribution in [0.25, 0.3) is 0 Å². The summed E-state index contributed by atoms with van der Waals surface area (Å²) in [5.41, 5.74) is 5.57. The SMILES string of the molecule is CC(NCC1(C)CCCCC1)C(N)=O. The molecule has 0 heterocycles. The van der Waals surface area contributed by atoms with Crippen molar-refractivity contribution < 1.29 is 4.79 Å². The van der Waals surface area contributed by atoms with Crippen LogP contribution < -0.4 is 11.1 Å². The fraction of sp³-hybridized carbons (Fsp3) is 0.909. The third kappa shape index (κ3) is 3.29. The first-order valence-electron chi connectivity index (χ1n) is 5.56. The van der Waals surface area contributed by atoms with Gasteiger partial charge in [-0.15, -0.1) is 0 Å². The maximum absolute atomic E-state index is 10.8. The second kappa shape index (κ2) is 4.78. The van der Waals surface area contributed by atoms with Crippen molar-refractivity contribution in [2.24, 2.45) is 11.1 Å². The molecular weight excluding hydrogens is 176 g/mol. The van der Waals surface area contributed by atoms with Crippen LogP contribution in [0.4, 0.5) is 0 Å². The Labute approximate surface area is 86.4 Å². The van der Waals surface area contributed by atoms with Crippen LogP contribution in [0.1, 0.15) is 46.0 Å². The van der Waals surface area contributed by atoms with E-state index in [0.29, 0.717) is 5.41 Å². The second-order valence-electron chi connectivity index (χ2n) is 4.88. The fourth-order valence-corrected chi connectivity index (χ4v) is 2.08. The molecule has 3 heteroatoms. The van der Waals surface area contributed by atoms with Crippen molar-refractivity contribution >= 4 is 5.91 Å². The van der Waals surface area contributed by atoms with Crippen molar-refractivity contribution in [1.82, 2.24) is 5.32 Å². The summed E-state index contributed by atoms with van der Waals surface area (Å²) in [6.07, 6.45) is 6.55. The summed E-state index contributed by atoms with van der Waals surface area (Å²) in [7, 11) is 0. The van der Waals surface area contributed by atoms with Gasteiger partial charge in [-0.05, 0) is 25.2 Å². The van der Waals surface area contributed by atoms with Crippen molar-refractivity contribution in [3.8, 4) is 0 Å². The first kappa shape index (κ1) is 11.5. The average molecular weight is 198 g/mol. The van der Waals surface area contributed by atoms with E-state index in [0.717, 1.165) is 6.54 Å². The molecule has 1 fully saturated rings. The second-order valence-corrected chi connectivity index (χ2v) is 4.88. The molecule has 0 bridgehead atoms. The molecular formula is C11H22N2O. The molecule has 0 aromatic carbocycles. The van der Waals surface area contributed by atoms with Crippen LogP contribution in [0.5, 0.6) is 0 Å². The van der Waals surface area contributed by atoms with Crippen LogP contribution in [0.2, 0.25) is 0 Å². The van der Waals surface area contributed by atoms with E-state index in [9.17, 15) is 4.79 Å². The molecule has 1 aliphatic rings. The van der Waals surface area contributed by atoms with Gasteiger partial charge in [0, 0.05) is 6.54 Å². The summed E-state index contributed by atoms with van der Waals surface area (Å²) >= 11 is 0. The molecule has 1 saturated carbocycles. The molecule has 1 aliphatic carbocycles. The molecule has 82 valence electrons. The fourth-order valence-electron chi connectivity index (χ4n) is 2.08. The molecule has 0 aromatic heterocycles. The number of nitrogens with one attached hydrogen (secondary N) is 1. The van der Waals surface area contributed by atoms with Gasteiger partial charge in [0.25, 0.3) is 0 Å². The van der Waals surface area contributed by atoms with E-state index in [2.05, 4.69) is 12.2 Å². The Morgan fingerprint density at radius 3 is 2.50 bits per heavy atom. The van der Waals surface area contributed by atoms with E-state index in [-0.39, 0.29) is 11.9 Å². The van der Waals surface area contributed by atoms with Crippen LogP contribution in [-0.4, -0.2) is 18.5 Å². The van der Waals surface area contributed by atoms with Gasteiger partial charge in [0.1, 0.15) is 0 Å². The quantitative estimate of drug-likeness (QED) is 0.718. The Morgan fingerprint density at radius 1 is 1.43 bits per heavy atom. The number of rotatable bonds is 4. The lowest BCUT2D eigenvalue weighted by Gasteiger charge is -2.34. The van der Waals surface area contributed by atoms with E-state index in [1.165, 1.54) is 32.1 Å². The van der Waals surface area contributed by atoms with Crippen LogP contribution in [0.3, 0.4) is 0 Å². The number of carbonyl (C=O) groups excluding carboxylic acids is 1. The van der Waals surface area contributed by atoms with Crippen molar-refractivity contribution in [3.05, 3.63) is 0 Å². The normalized spacial score (nSPS) is 23.0. The summed E-state index contributed by atoms with van der Waals surface area (Å²) in [6.45, 7) is 5.04. The first-order chi connectivity index (χ1) is 6.53. The highest BCUT2D eigenvalue weighted by Gasteiger charge is 2.27. The minimum Gasteiger partial charge on any atom is -0.368 e. The van der Waals surface area contributed by atoms with Crippen molar-refractivity contribution in [3.63, 3.8) is 0 Å². The minimum absolute atomic E-state index is 0.200. The molecule has 3 N–H and O–H groups in total. The lowest BCUT2D eigenvalue weighted by atomic mass is 9.75. The van der Waals surface area contributed by atoms with Gasteiger partial charge < -0.3 is 11.1 Å². The van der Waals surface area contributed by atoms with E-state index < -0.39 is 0 Å².